The van der Waals surface area contributed by atoms with Crippen molar-refractivity contribution < 1.29 is 9.90 Å². The first kappa shape index (κ1) is 14.1. The number of aliphatic hydroxyl groups excluding tert-OH is 1. The summed E-state index contributed by atoms with van der Waals surface area (Å²) >= 11 is 5.87. The Hall–Kier alpha value is -1.00. The van der Waals surface area contributed by atoms with Gasteiger partial charge >= 0.3 is 0 Å². The van der Waals surface area contributed by atoms with E-state index in [1.54, 1.807) is 37.6 Å². The van der Waals surface area contributed by atoms with Gasteiger partial charge in [0.05, 0.1) is 16.7 Å². The number of aliphatic hydroxyl groups is 1. The molecule has 0 fully saturated rings. The van der Waals surface area contributed by atoms with Gasteiger partial charge in [0.1, 0.15) is 5.69 Å². The summed E-state index contributed by atoms with van der Waals surface area (Å²) in [4.78, 5) is 12.1. The maximum Gasteiger partial charge on any atom is 0.268 e. The molecule has 0 bridgehead atoms. The van der Waals surface area contributed by atoms with Crippen molar-refractivity contribution in [3.8, 4) is 0 Å². The van der Waals surface area contributed by atoms with E-state index in [4.69, 9.17) is 11.6 Å². The zero-order valence-corrected chi connectivity index (χ0v) is 11.4. The van der Waals surface area contributed by atoms with Gasteiger partial charge in [-0.05, 0) is 33.8 Å². The molecule has 0 aromatic carbocycles. The Balaban J connectivity index is 2.90. The molecule has 5 heteroatoms. The first-order valence-corrected chi connectivity index (χ1v) is 6.02. The molecule has 0 aliphatic carbocycles. The average molecular weight is 259 g/mol. The Morgan fingerprint density at radius 2 is 2.24 bits per heavy atom. The minimum atomic E-state index is -0.674. The van der Waals surface area contributed by atoms with Crippen LogP contribution in [0.15, 0.2) is 12.3 Å². The van der Waals surface area contributed by atoms with E-state index in [0.717, 1.165) is 0 Å². The molecular weight excluding hydrogens is 240 g/mol. The molecule has 1 amide bonds. The van der Waals surface area contributed by atoms with Crippen LogP contribution in [0.5, 0.6) is 0 Å². The van der Waals surface area contributed by atoms with Crippen LogP contribution in [-0.2, 0) is 6.54 Å². The third-order valence-corrected chi connectivity index (χ3v) is 3.12. The van der Waals surface area contributed by atoms with Gasteiger partial charge in [-0.3, -0.25) is 4.79 Å². The van der Waals surface area contributed by atoms with E-state index >= 15 is 0 Å². The summed E-state index contributed by atoms with van der Waals surface area (Å²) in [7, 11) is 0. The van der Waals surface area contributed by atoms with Crippen molar-refractivity contribution >= 4 is 17.5 Å². The van der Waals surface area contributed by atoms with Crippen molar-refractivity contribution in [3.05, 3.63) is 23.0 Å². The zero-order chi connectivity index (χ0) is 13.2. The van der Waals surface area contributed by atoms with Crippen molar-refractivity contribution in [2.75, 3.05) is 0 Å². The summed E-state index contributed by atoms with van der Waals surface area (Å²) in [6.07, 6.45) is 1.08. The van der Waals surface area contributed by atoms with Gasteiger partial charge in [-0.15, -0.1) is 0 Å². The van der Waals surface area contributed by atoms with Crippen LogP contribution in [0.3, 0.4) is 0 Å². The molecule has 0 spiro atoms. The van der Waals surface area contributed by atoms with Crippen LogP contribution >= 0.6 is 11.6 Å². The normalized spacial score (nSPS) is 13.5. The van der Waals surface area contributed by atoms with Crippen molar-refractivity contribution in [3.63, 3.8) is 0 Å². The number of hydrogen-bond acceptors (Lipinski definition) is 2. The number of nitrogens with one attached hydrogen (secondary N) is 1. The lowest BCUT2D eigenvalue weighted by molar-refractivity contribution is 0.0702. The number of amides is 1. The summed E-state index contributed by atoms with van der Waals surface area (Å²) in [6.45, 7) is 7.80. The summed E-state index contributed by atoms with van der Waals surface area (Å²) in [5.74, 6) is -0.232. The Kier molecular flexibility index (Phi) is 4.22. The number of aromatic nitrogens is 1. The first-order chi connectivity index (χ1) is 7.77. The fraction of sp³-hybridized carbons (Fsp3) is 0.583. The molecule has 4 nitrogen and oxygen atoms in total. The van der Waals surface area contributed by atoms with Crippen LogP contribution in [0, 0.1) is 0 Å². The third-order valence-electron chi connectivity index (χ3n) is 2.92. The van der Waals surface area contributed by atoms with Crippen LogP contribution in [0.25, 0.3) is 0 Å². The van der Waals surface area contributed by atoms with E-state index in [1.165, 1.54) is 0 Å². The molecule has 0 aliphatic heterocycles. The Morgan fingerprint density at radius 3 is 2.71 bits per heavy atom. The predicted octanol–water partition coefficient (Wildman–Crippen LogP) is 2.05. The van der Waals surface area contributed by atoms with Gasteiger partial charge in [0.15, 0.2) is 0 Å². The van der Waals surface area contributed by atoms with Crippen molar-refractivity contribution in [2.24, 2.45) is 0 Å². The third kappa shape index (κ3) is 3.23. The van der Waals surface area contributed by atoms with E-state index in [0.29, 0.717) is 17.3 Å². The van der Waals surface area contributed by atoms with Gasteiger partial charge in [-0.1, -0.05) is 11.6 Å². The van der Waals surface area contributed by atoms with Crippen LogP contribution in [0.1, 0.15) is 38.2 Å². The number of carbonyl (C=O) groups excluding carboxylic acids is 1. The highest BCUT2D eigenvalue weighted by atomic mass is 35.5. The van der Waals surface area contributed by atoms with Crippen molar-refractivity contribution in [1.82, 2.24) is 9.88 Å². The van der Waals surface area contributed by atoms with Gasteiger partial charge in [0.2, 0.25) is 0 Å². The topological polar surface area (TPSA) is 54.3 Å². The summed E-state index contributed by atoms with van der Waals surface area (Å²) < 4.78 is 1.77. The number of hydrogen-bond donors (Lipinski definition) is 2. The smallest absolute Gasteiger partial charge is 0.268 e. The van der Waals surface area contributed by atoms with Gasteiger partial charge in [0, 0.05) is 12.7 Å². The Morgan fingerprint density at radius 1 is 1.65 bits per heavy atom. The van der Waals surface area contributed by atoms with Gasteiger partial charge in [-0.25, -0.2) is 0 Å². The maximum absolute atomic E-state index is 12.1. The standard InChI is InChI=1S/C12H19ClN2O2/c1-5-15-7-9(13)6-10(15)11(17)14-12(3,4)8(2)16/h6-8,16H,5H2,1-4H3,(H,14,17). The van der Waals surface area contributed by atoms with E-state index in [-0.39, 0.29) is 5.91 Å². The van der Waals surface area contributed by atoms with Crippen LogP contribution < -0.4 is 5.32 Å². The Labute approximate surface area is 107 Å². The van der Waals surface area contributed by atoms with Gasteiger partial charge in [0.25, 0.3) is 5.91 Å². The second kappa shape index (κ2) is 5.10. The number of rotatable bonds is 4. The SMILES string of the molecule is CCn1cc(Cl)cc1C(=O)NC(C)(C)C(C)O. The molecule has 1 rings (SSSR count). The molecule has 0 aliphatic rings. The molecule has 1 aromatic heterocycles. The lowest BCUT2D eigenvalue weighted by Crippen LogP contribution is -2.51. The molecule has 17 heavy (non-hydrogen) atoms. The first-order valence-electron chi connectivity index (χ1n) is 5.64. The highest BCUT2D eigenvalue weighted by Gasteiger charge is 2.27. The van der Waals surface area contributed by atoms with E-state index in [1.807, 2.05) is 6.92 Å². The molecule has 1 aromatic rings. The van der Waals surface area contributed by atoms with Crippen molar-refractivity contribution in [2.45, 2.75) is 45.9 Å². The largest absolute Gasteiger partial charge is 0.391 e. The molecule has 96 valence electrons. The van der Waals surface area contributed by atoms with E-state index in [2.05, 4.69) is 5.32 Å². The number of halogens is 1. The average Bonchev–Trinajstić information content (AvgIpc) is 2.58. The molecule has 1 unspecified atom stereocenters. The van der Waals surface area contributed by atoms with E-state index < -0.39 is 11.6 Å². The fourth-order valence-electron chi connectivity index (χ4n) is 1.39. The molecular formula is C12H19ClN2O2. The summed E-state index contributed by atoms with van der Waals surface area (Å²) in [5.41, 5.74) is -0.168. The molecule has 2 N–H and O–H groups in total. The molecule has 1 heterocycles. The molecule has 0 saturated heterocycles. The number of aryl methyl sites for hydroxylation is 1. The molecule has 0 radical (unpaired) electrons. The maximum atomic E-state index is 12.1. The predicted molar refractivity (Wildman–Crippen MR) is 68.3 cm³/mol. The van der Waals surface area contributed by atoms with Crippen LogP contribution in [0.2, 0.25) is 5.02 Å². The minimum Gasteiger partial charge on any atom is -0.391 e. The molecule has 0 saturated carbocycles. The number of nitrogens with zero attached hydrogens (tertiary/aromatic N) is 1. The molecule has 1 atom stereocenters. The van der Waals surface area contributed by atoms with Crippen LogP contribution in [-0.4, -0.2) is 27.2 Å². The second-order valence-corrected chi connectivity index (χ2v) is 5.12. The monoisotopic (exact) mass is 258 g/mol. The summed E-state index contributed by atoms with van der Waals surface area (Å²) in [6, 6.07) is 1.62. The summed E-state index contributed by atoms with van der Waals surface area (Å²) in [5, 5.41) is 12.9. The van der Waals surface area contributed by atoms with Crippen LogP contribution in [0.4, 0.5) is 0 Å². The van der Waals surface area contributed by atoms with Gasteiger partial charge < -0.3 is 15.0 Å². The second-order valence-electron chi connectivity index (χ2n) is 4.68. The lowest BCUT2D eigenvalue weighted by Gasteiger charge is -2.29. The van der Waals surface area contributed by atoms with Crippen molar-refractivity contribution in [1.29, 1.82) is 0 Å². The minimum absolute atomic E-state index is 0.232. The van der Waals surface area contributed by atoms with E-state index in [9.17, 15) is 9.90 Å². The van der Waals surface area contributed by atoms with Gasteiger partial charge in [-0.2, -0.15) is 0 Å². The Bertz CT molecular complexity index is 411. The fourth-order valence-corrected chi connectivity index (χ4v) is 1.61. The highest BCUT2D eigenvalue weighted by Crippen LogP contribution is 2.16. The highest BCUT2D eigenvalue weighted by molar-refractivity contribution is 6.31. The quantitative estimate of drug-likeness (QED) is 0.869. The lowest BCUT2D eigenvalue weighted by atomic mass is 9.98. The number of carbonyl (C=O) groups is 1. The zero-order valence-electron chi connectivity index (χ0n) is 10.6.